The summed E-state index contributed by atoms with van der Waals surface area (Å²) >= 11 is 0. The summed E-state index contributed by atoms with van der Waals surface area (Å²) < 4.78 is 5.88. The van der Waals surface area contributed by atoms with Crippen LogP contribution in [0.25, 0.3) is 10.9 Å². The molecule has 2 aromatic rings. The number of hydrogen-bond acceptors (Lipinski definition) is 3. The molecule has 0 aliphatic rings. The zero-order valence-electron chi connectivity index (χ0n) is 10.3. The lowest BCUT2D eigenvalue weighted by molar-refractivity contribution is 0.271. The highest BCUT2D eigenvalue weighted by atomic mass is 16.5. The highest BCUT2D eigenvalue weighted by Gasteiger charge is 2.09. The Hall–Kier alpha value is -1.61. The average Bonchev–Trinajstić information content (AvgIpc) is 2.35. The quantitative estimate of drug-likeness (QED) is 0.878. The third-order valence-corrected chi connectivity index (χ3v) is 2.58. The average molecular weight is 230 g/mol. The van der Waals surface area contributed by atoms with Crippen LogP contribution < -0.4 is 10.5 Å². The van der Waals surface area contributed by atoms with Crippen molar-refractivity contribution in [3.63, 3.8) is 0 Å². The van der Waals surface area contributed by atoms with Crippen molar-refractivity contribution in [2.24, 2.45) is 11.7 Å². The van der Waals surface area contributed by atoms with Gasteiger partial charge in [0, 0.05) is 23.7 Å². The van der Waals surface area contributed by atoms with E-state index in [1.165, 1.54) is 0 Å². The van der Waals surface area contributed by atoms with Gasteiger partial charge < -0.3 is 10.5 Å². The van der Waals surface area contributed by atoms with Gasteiger partial charge in [0.25, 0.3) is 0 Å². The molecule has 0 fully saturated rings. The minimum absolute atomic E-state index is 0.450. The van der Waals surface area contributed by atoms with Crippen LogP contribution in [0, 0.1) is 5.92 Å². The molecule has 3 nitrogen and oxygen atoms in total. The van der Waals surface area contributed by atoms with Crippen LogP contribution in [0.15, 0.2) is 30.5 Å². The highest BCUT2D eigenvalue weighted by molar-refractivity contribution is 5.86. The number of nitrogens with two attached hydrogens (primary N) is 1. The molecule has 1 aromatic carbocycles. The lowest BCUT2D eigenvalue weighted by Gasteiger charge is -2.14. The van der Waals surface area contributed by atoms with Crippen molar-refractivity contribution in [2.75, 3.05) is 6.61 Å². The third kappa shape index (κ3) is 2.56. The fourth-order valence-electron chi connectivity index (χ4n) is 1.72. The summed E-state index contributed by atoms with van der Waals surface area (Å²) in [7, 11) is 0. The SMILES string of the molecule is CC(C)COc1c(CN)cnc2ccccc12. The molecule has 3 heteroatoms. The molecule has 0 bridgehead atoms. The van der Waals surface area contributed by atoms with Crippen LogP contribution in [0.1, 0.15) is 19.4 Å². The minimum Gasteiger partial charge on any atom is -0.492 e. The number of pyridine rings is 1. The van der Waals surface area contributed by atoms with Gasteiger partial charge in [0.05, 0.1) is 12.1 Å². The number of rotatable bonds is 4. The van der Waals surface area contributed by atoms with Gasteiger partial charge in [-0.2, -0.15) is 0 Å². The van der Waals surface area contributed by atoms with Gasteiger partial charge >= 0.3 is 0 Å². The summed E-state index contributed by atoms with van der Waals surface area (Å²) in [5.41, 5.74) is 7.64. The smallest absolute Gasteiger partial charge is 0.134 e. The summed E-state index contributed by atoms with van der Waals surface area (Å²) in [5.74, 6) is 1.37. The zero-order valence-corrected chi connectivity index (χ0v) is 10.3. The first-order valence-corrected chi connectivity index (χ1v) is 5.92. The Morgan fingerprint density at radius 2 is 2.06 bits per heavy atom. The maximum atomic E-state index is 5.88. The third-order valence-electron chi connectivity index (χ3n) is 2.58. The van der Waals surface area contributed by atoms with E-state index in [4.69, 9.17) is 10.5 Å². The molecule has 2 rings (SSSR count). The van der Waals surface area contributed by atoms with Crippen LogP contribution >= 0.6 is 0 Å². The van der Waals surface area contributed by atoms with Gasteiger partial charge in [-0.1, -0.05) is 26.0 Å². The molecule has 2 N–H and O–H groups in total. The molecule has 0 spiro atoms. The second-order valence-corrected chi connectivity index (χ2v) is 4.54. The van der Waals surface area contributed by atoms with E-state index in [-0.39, 0.29) is 0 Å². The van der Waals surface area contributed by atoms with Crippen molar-refractivity contribution in [3.8, 4) is 5.75 Å². The molecule has 0 radical (unpaired) electrons. The molecule has 0 aliphatic heterocycles. The van der Waals surface area contributed by atoms with Crippen molar-refractivity contribution >= 4 is 10.9 Å². The van der Waals surface area contributed by atoms with E-state index < -0.39 is 0 Å². The summed E-state index contributed by atoms with van der Waals surface area (Å²) in [6.07, 6.45) is 1.80. The Kier molecular flexibility index (Phi) is 3.59. The molecule has 1 heterocycles. The molecular weight excluding hydrogens is 212 g/mol. The van der Waals surface area contributed by atoms with E-state index >= 15 is 0 Å². The Morgan fingerprint density at radius 3 is 2.76 bits per heavy atom. The van der Waals surface area contributed by atoms with Gasteiger partial charge in [0.1, 0.15) is 5.75 Å². The van der Waals surface area contributed by atoms with Crippen LogP contribution in [0.5, 0.6) is 5.75 Å². The molecule has 0 saturated carbocycles. The van der Waals surface area contributed by atoms with Gasteiger partial charge in [0.2, 0.25) is 0 Å². The van der Waals surface area contributed by atoms with Gasteiger partial charge in [-0.25, -0.2) is 0 Å². The number of aromatic nitrogens is 1. The van der Waals surface area contributed by atoms with E-state index in [1.807, 2.05) is 24.3 Å². The molecular formula is C14H18N2O. The number of fused-ring (bicyclic) bond motifs is 1. The lowest BCUT2D eigenvalue weighted by atomic mass is 10.1. The van der Waals surface area contributed by atoms with Crippen LogP contribution in [-0.4, -0.2) is 11.6 Å². The molecule has 0 aliphatic carbocycles. The molecule has 0 saturated heterocycles. The molecule has 17 heavy (non-hydrogen) atoms. The van der Waals surface area contributed by atoms with Crippen LogP contribution in [0.2, 0.25) is 0 Å². The predicted octanol–water partition coefficient (Wildman–Crippen LogP) is 2.73. The Morgan fingerprint density at radius 1 is 1.29 bits per heavy atom. The Labute approximate surface area is 102 Å². The fraction of sp³-hybridized carbons (Fsp3) is 0.357. The molecule has 0 amide bonds. The van der Waals surface area contributed by atoms with Gasteiger partial charge in [-0.05, 0) is 18.1 Å². The van der Waals surface area contributed by atoms with Crippen molar-refractivity contribution in [1.29, 1.82) is 0 Å². The monoisotopic (exact) mass is 230 g/mol. The minimum atomic E-state index is 0.450. The second kappa shape index (κ2) is 5.15. The molecule has 1 aromatic heterocycles. The predicted molar refractivity (Wildman–Crippen MR) is 70.0 cm³/mol. The zero-order chi connectivity index (χ0) is 12.3. The van der Waals surface area contributed by atoms with Gasteiger partial charge in [-0.15, -0.1) is 0 Å². The number of hydrogen-bond donors (Lipinski definition) is 1. The maximum absolute atomic E-state index is 5.88. The second-order valence-electron chi connectivity index (χ2n) is 4.54. The van der Waals surface area contributed by atoms with E-state index in [2.05, 4.69) is 18.8 Å². The normalized spacial score (nSPS) is 11.1. The first kappa shape index (κ1) is 11.9. The van der Waals surface area contributed by atoms with Crippen molar-refractivity contribution in [3.05, 3.63) is 36.0 Å². The Bertz CT molecular complexity index is 509. The van der Waals surface area contributed by atoms with E-state index in [9.17, 15) is 0 Å². The highest BCUT2D eigenvalue weighted by Crippen LogP contribution is 2.28. The number of nitrogens with zero attached hydrogens (tertiary/aromatic N) is 1. The Balaban J connectivity index is 2.47. The van der Waals surface area contributed by atoms with E-state index in [1.54, 1.807) is 6.20 Å². The molecule has 0 atom stereocenters. The van der Waals surface area contributed by atoms with Crippen molar-refractivity contribution in [2.45, 2.75) is 20.4 Å². The molecule has 90 valence electrons. The maximum Gasteiger partial charge on any atom is 0.134 e. The fourth-order valence-corrected chi connectivity index (χ4v) is 1.72. The van der Waals surface area contributed by atoms with Gasteiger partial charge in [0.15, 0.2) is 0 Å². The van der Waals surface area contributed by atoms with E-state index in [0.717, 1.165) is 22.2 Å². The summed E-state index contributed by atoms with van der Waals surface area (Å²) in [6.45, 7) is 5.41. The lowest BCUT2D eigenvalue weighted by Crippen LogP contribution is -2.09. The van der Waals surface area contributed by atoms with Gasteiger partial charge in [-0.3, -0.25) is 4.98 Å². The van der Waals surface area contributed by atoms with Crippen LogP contribution in [0.4, 0.5) is 0 Å². The number of benzene rings is 1. The van der Waals surface area contributed by atoms with E-state index in [0.29, 0.717) is 19.1 Å². The van der Waals surface area contributed by atoms with Crippen LogP contribution in [-0.2, 0) is 6.54 Å². The molecule has 0 unspecified atom stereocenters. The summed E-state index contributed by atoms with van der Waals surface area (Å²) in [4.78, 5) is 4.38. The first-order chi connectivity index (χ1) is 8.22. The van der Waals surface area contributed by atoms with Crippen molar-refractivity contribution in [1.82, 2.24) is 4.98 Å². The first-order valence-electron chi connectivity index (χ1n) is 5.92. The number of para-hydroxylation sites is 1. The summed E-state index contributed by atoms with van der Waals surface area (Å²) in [6, 6.07) is 7.98. The largest absolute Gasteiger partial charge is 0.492 e. The van der Waals surface area contributed by atoms with Crippen molar-refractivity contribution < 1.29 is 4.74 Å². The summed E-state index contributed by atoms with van der Waals surface area (Å²) in [5, 5.41) is 1.04. The number of ether oxygens (including phenoxy) is 1. The standard InChI is InChI=1S/C14H18N2O/c1-10(2)9-17-14-11(7-15)8-16-13-6-4-3-5-12(13)14/h3-6,8,10H,7,9,15H2,1-2H3. The topological polar surface area (TPSA) is 48.1 Å². The van der Waals surface area contributed by atoms with Crippen LogP contribution in [0.3, 0.4) is 0 Å².